The van der Waals surface area contributed by atoms with Crippen LogP contribution in [0.5, 0.6) is 0 Å². The second-order valence-corrected chi connectivity index (χ2v) is 6.87. The van der Waals surface area contributed by atoms with Crippen molar-refractivity contribution >= 4 is 17.4 Å². The summed E-state index contributed by atoms with van der Waals surface area (Å²) in [5, 5.41) is 3.03. The highest BCUT2D eigenvalue weighted by Crippen LogP contribution is 2.32. The molecule has 136 valence electrons. The molecule has 1 aliphatic rings. The number of nitrogens with one attached hydrogen (secondary N) is 1. The minimum absolute atomic E-state index is 0.00134. The van der Waals surface area contributed by atoms with Gasteiger partial charge in [-0.25, -0.2) is 0 Å². The van der Waals surface area contributed by atoms with E-state index in [2.05, 4.69) is 18.3 Å². The molecule has 2 aromatic carbocycles. The molecule has 1 amide bonds. The quantitative estimate of drug-likeness (QED) is 0.687. The number of rotatable bonds is 5. The van der Waals surface area contributed by atoms with Gasteiger partial charge in [-0.05, 0) is 42.7 Å². The highest BCUT2D eigenvalue weighted by atomic mass is 16.2. The molecule has 0 bridgehead atoms. The van der Waals surface area contributed by atoms with E-state index >= 15 is 0 Å². The topological polar surface area (TPSA) is 51.1 Å². The van der Waals surface area contributed by atoms with E-state index in [1.165, 1.54) is 5.56 Å². The Morgan fingerprint density at radius 2 is 1.85 bits per heavy atom. The van der Waals surface area contributed by atoms with E-state index in [0.717, 1.165) is 17.8 Å². The monoisotopic (exact) mass is 358 g/mol. The molecule has 4 rings (SSSR count). The number of carbonyl (C=O) groups excluding carboxylic acids is 2. The van der Waals surface area contributed by atoms with Gasteiger partial charge in [0.05, 0.1) is 11.6 Å². The first-order valence-corrected chi connectivity index (χ1v) is 9.36. The molecule has 1 N–H and O–H groups in total. The Morgan fingerprint density at radius 1 is 1.04 bits per heavy atom. The Labute approximate surface area is 158 Å². The molecule has 0 saturated carbocycles. The van der Waals surface area contributed by atoms with E-state index < -0.39 is 0 Å². The smallest absolute Gasteiger partial charge is 0.233 e. The van der Waals surface area contributed by atoms with E-state index in [1.807, 2.05) is 65.2 Å². The number of nitrogens with zero attached hydrogens (tertiary/aromatic N) is 1. The minimum Gasteiger partial charge on any atom is -0.341 e. The first-order chi connectivity index (χ1) is 13.2. The highest BCUT2D eigenvalue weighted by Gasteiger charge is 2.32. The normalized spacial score (nSPS) is 15.4. The molecule has 3 aromatic rings. The van der Waals surface area contributed by atoms with Gasteiger partial charge in [-0.15, -0.1) is 0 Å². The van der Waals surface area contributed by atoms with Crippen molar-refractivity contribution in [1.29, 1.82) is 0 Å². The number of aromatic nitrogens is 1. The number of anilines is 1. The summed E-state index contributed by atoms with van der Waals surface area (Å²) in [6.07, 6.45) is 1.64. The van der Waals surface area contributed by atoms with Crippen molar-refractivity contribution in [2.75, 3.05) is 5.32 Å². The van der Waals surface area contributed by atoms with E-state index in [1.54, 1.807) is 0 Å². The number of aryl methyl sites for hydroxylation is 1. The zero-order chi connectivity index (χ0) is 18.8. The van der Waals surface area contributed by atoms with Gasteiger partial charge in [-0.3, -0.25) is 9.59 Å². The molecule has 4 nitrogen and oxygen atoms in total. The zero-order valence-electron chi connectivity index (χ0n) is 15.3. The molecule has 0 fully saturated rings. The molecule has 2 heterocycles. The predicted octanol–water partition coefficient (Wildman–Crippen LogP) is 4.41. The molecule has 27 heavy (non-hydrogen) atoms. The lowest BCUT2D eigenvalue weighted by Crippen LogP contribution is -2.19. The fraction of sp³-hybridized carbons (Fsp3) is 0.217. The SMILES string of the molecule is CCc1cccc(NC(=O)[C@H]2CCn3c(C(=O)c4ccccc4)ccc32)c1. The Kier molecular flexibility index (Phi) is 4.63. The number of fused-ring (bicyclic) bond motifs is 1. The van der Waals surface area contributed by atoms with Gasteiger partial charge in [0.1, 0.15) is 0 Å². The zero-order valence-corrected chi connectivity index (χ0v) is 15.3. The van der Waals surface area contributed by atoms with Gasteiger partial charge in [-0.1, -0.05) is 49.4 Å². The van der Waals surface area contributed by atoms with Gasteiger partial charge >= 0.3 is 0 Å². The van der Waals surface area contributed by atoms with Crippen LogP contribution in [0.2, 0.25) is 0 Å². The fourth-order valence-corrected chi connectivity index (χ4v) is 3.74. The third-order valence-electron chi connectivity index (χ3n) is 5.20. The second kappa shape index (κ2) is 7.23. The highest BCUT2D eigenvalue weighted by molar-refractivity contribution is 6.08. The average Bonchev–Trinajstić information content (AvgIpc) is 3.30. The van der Waals surface area contributed by atoms with Crippen molar-refractivity contribution < 1.29 is 9.59 Å². The van der Waals surface area contributed by atoms with Crippen molar-refractivity contribution in [3.63, 3.8) is 0 Å². The number of hydrogen-bond donors (Lipinski definition) is 1. The third kappa shape index (κ3) is 3.31. The van der Waals surface area contributed by atoms with Crippen molar-refractivity contribution in [2.45, 2.75) is 32.2 Å². The number of benzene rings is 2. The van der Waals surface area contributed by atoms with Gasteiger partial charge in [0.15, 0.2) is 0 Å². The number of hydrogen-bond acceptors (Lipinski definition) is 2. The van der Waals surface area contributed by atoms with Crippen LogP contribution in [0.25, 0.3) is 0 Å². The van der Waals surface area contributed by atoms with Crippen LogP contribution in [0.15, 0.2) is 66.7 Å². The number of amides is 1. The lowest BCUT2D eigenvalue weighted by atomic mass is 10.0. The largest absolute Gasteiger partial charge is 0.341 e. The van der Waals surface area contributed by atoms with E-state index in [0.29, 0.717) is 24.2 Å². The van der Waals surface area contributed by atoms with E-state index in [-0.39, 0.29) is 17.6 Å². The van der Waals surface area contributed by atoms with Crippen LogP contribution in [0, 0.1) is 0 Å². The first kappa shape index (κ1) is 17.3. The number of ketones is 1. The lowest BCUT2D eigenvalue weighted by molar-refractivity contribution is -0.117. The molecule has 0 aliphatic carbocycles. The van der Waals surface area contributed by atoms with Crippen LogP contribution < -0.4 is 5.32 Å². The molecular formula is C23H22N2O2. The molecule has 0 radical (unpaired) electrons. The molecule has 1 atom stereocenters. The van der Waals surface area contributed by atoms with Crippen molar-refractivity contribution in [3.8, 4) is 0 Å². The summed E-state index contributed by atoms with van der Waals surface area (Å²) in [5.74, 6) is -0.245. The molecule has 1 aromatic heterocycles. The van der Waals surface area contributed by atoms with E-state index in [9.17, 15) is 9.59 Å². The molecule has 4 heteroatoms. The molecule has 0 saturated heterocycles. The minimum atomic E-state index is -0.229. The summed E-state index contributed by atoms with van der Waals surface area (Å²) in [6.45, 7) is 2.78. The Morgan fingerprint density at radius 3 is 2.63 bits per heavy atom. The van der Waals surface area contributed by atoms with Gasteiger partial charge in [0, 0.05) is 23.5 Å². The van der Waals surface area contributed by atoms with Gasteiger partial charge in [0.25, 0.3) is 0 Å². The van der Waals surface area contributed by atoms with Crippen LogP contribution in [-0.2, 0) is 17.8 Å². The Balaban J connectivity index is 1.55. The maximum Gasteiger partial charge on any atom is 0.233 e. The summed E-state index contributed by atoms with van der Waals surface area (Å²) in [7, 11) is 0. The molecule has 1 aliphatic heterocycles. The van der Waals surface area contributed by atoms with Gasteiger partial charge < -0.3 is 9.88 Å². The van der Waals surface area contributed by atoms with Crippen molar-refractivity contribution in [1.82, 2.24) is 4.57 Å². The lowest BCUT2D eigenvalue weighted by Gasteiger charge is -2.11. The molecular weight excluding hydrogens is 336 g/mol. The summed E-state index contributed by atoms with van der Waals surface area (Å²) < 4.78 is 1.99. The Bertz CT molecular complexity index is 989. The average molecular weight is 358 g/mol. The van der Waals surface area contributed by atoms with Crippen LogP contribution in [0.1, 0.15) is 46.6 Å². The second-order valence-electron chi connectivity index (χ2n) is 6.87. The third-order valence-corrected chi connectivity index (χ3v) is 5.20. The predicted molar refractivity (Wildman–Crippen MR) is 106 cm³/mol. The van der Waals surface area contributed by atoms with Gasteiger partial charge in [-0.2, -0.15) is 0 Å². The van der Waals surface area contributed by atoms with E-state index in [4.69, 9.17) is 0 Å². The molecule has 0 unspecified atom stereocenters. The molecule has 0 spiro atoms. The first-order valence-electron chi connectivity index (χ1n) is 9.36. The van der Waals surface area contributed by atoms with Crippen LogP contribution in [-0.4, -0.2) is 16.3 Å². The summed E-state index contributed by atoms with van der Waals surface area (Å²) in [4.78, 5) is 25.6. The Hall–Kier alpha value is -3.14. The standard InChI is InChI=1S/C23H22N2O2/c1-2-16-7-6-10-18(15-16)24-23(27)19-13-14-25-20(19)11-12-21(25)22(26)17-8-4-3-5-9-17/h3-12,15,19H,2,13-14H2,1H3,(H,24,27)/t19-/m0/s1. The number of carbonyl (C=O) groups is 2. The van der Waals surface area contributed by atoms with Gasteiger partial charge in [0.2, 0.25) is 11.7 Å². The van der Waals surface area contributed by atoms with Crippen LogP contribution in [0.3, 0.4) is 0 Å². The van der Waals surface area contributed by atoms with Crippen LogP contribution >= 0.6 is 0 Å². The maximum atomic E-state index is 12.8. The summed E-state index contributed by atoms with van der Waals surface area (Å²) in [5.41, 5.74) is 4.25. The van der Waals surface area contributed by atoms with Crippen molar-refractivity contribution in [3.05, 3.63) is 89.2 Å². The fourth-order valence-electron chi connectivity index (χ4n) is 3.74. The summed E-state index contributed by atoms with van der Waals surface area (Å²) in [6, 6.07) is 20.9. The van der Waals surface area contributed by atoms with Crippen LogP contribution in [0.4, 0.5) is 5.69 Å². The van der Waals surface area contributed by atoms with Crippen molar-refractivity contribution in [2.24, 2.45) is 0 Å². The maximum absolute atomic E-state index is 12.8. The summed E-state index contributed by atoms with van der Waals surface area (Å²) >= 11 is 0.